The highest BCUT2D eigenvalue weighted by Gasteiger charge is 2.39. The van der Waals surface area contributed by atoms with Crippen LogP contribution in [0, 0.1) is 17.7 Å². The van der Waals surface area contributed by atoms with E-state index in [1.54, 1.807) is 0 Å². The van der Waals surface area contributed by atoms with E-state index in [1.165, 1.54) is 11.6 Å². The first kappa shape index (κ1) is 29.6. The van der Waals surface area contributed by atoms with E-state index in [2.05, 4.69) is 38.2 Å². The van der Waals surface area contributed by atoms with E-state index >= 15 is 0 Å². The standard InChI is InChI=1S/C27H39FN2O3S.ClH/c1-17(2)9-20-10-19(13-23(28)25(20)29)11-21-15-34(32,33)16-24(26(21)31)30-14-18-7-6-8-22(12-18)27(3,4)5;/h6-8,10,12-13,17,21,24,26,30-31H,9,11,14-16,29H2,1-5H3;1H/t21-,24+,26+;/m1./s1. The molecule has 1 aliphatic heterocycles. The summed E-state index contributed by atoms with van der Waals surface area (Å²) in [5.41, 5.74) is 9.72. The number of hydrogen-bond acceptors (Lipinski definition) is 5. The number of hydrogen-bond donors (Lipinski definition) is 3. The van der Waals surface area contributed by atoms with Crippen LogP contribution in [0.15, 0.2) is 36.4 Å². The summed E-state index contributed by atoms with van der Waals surface area (Å²) in [4.78, 5) is 0. The molecule has 196 valence electrons. The Labute approximate surface area is 216 Å². The number of aliphatic hydroxyl groups excluding tert-OH is 1. The quantitative estimate of drug-likeness (QED) is 0.464. The summed E-state index contributed by atoms with van der Waals surface area (Å²) in [6.07, 6.45) is 0.0591. The number of aliphatic hydroxyl groups is 1. The number of nitrogen functional groups attached to an aromatic ring is 1. The van der Waals surface area contributed by atoms with E-state index in [4.69, 9.17) is 5.73 Å². The van der Waals surface area contributed by atoms with Gasteiger partial charge in [0.15, 0.2) is 9.84 Å². The minimum absolute atomic E-state index is 0. The van der Waals surface area contributed by atoms with Crippen molar-refractivity contribution in [1.29, 1.82) is 0 Å². The summed E-state index contributed by atoms with van der Waals surface area (Å²) in [5, 5.41) is 14.3. The van der Waals surface area contributed by atoms with Crippen LogP contribution in [-0.4, -0.2) is 37.2 Å². The van der Waals surface area contributed by atoms with Crippen LogP contribution >= 0.6 is 12.4 Å². The third-order valence-corrected chi connectivity index (χ3v) is 8.36. The minimum atomic E-state index is -3.36. The first-order valence-corrected chi connectivity index (χ1v) is 13.9. The lowest BCUT2D eigenvalue weighted by Crippen LogP contribution is -2.54. The zero-order valence-corrected chi connectivity index (χ0v) is 23.0. The molecule has 4 N–H and O–H groups in total. The maximum atomic E-state index is 14.5. The number of rotatable bonds is 7. The van der Waals surface area contributed by atoms with Crippen molar-refractivity contribution in [2.24, 2.45) is 11.8 Å². The van der Waals surface area contributed by atoms with Gasteiger partial charge in [-0.2, -0.15) is 0 Å². The molecule has 1 fully saturated rings. The van der Waals surface area contributed by atoms with E-state index < -0.39 is 33.7 Å². The fourth-order valence-electron chi connectivity index (χ4n) is 4.72. The van der Waals surface area contributed by atoms with Gasteiger partial charge in [0.25, 0.3) is 0 Å². The van der Waals surface area contributed by atoms with E-state index in [-0.39, 0.29) is 41.4 Å². The molecule has 2 aromatic rings. The molecule has 0 aromatic heterocycles. The van der Waals surface area contributed by atoms with Gasteiger partial charge in [-0.1, -0.05) is 65.0 Å². The van der Waals surface area contributed by atoms with Gasteiger partial charge in [-0.3, -0.25) is 0 Å². The Hall–Kier alpha value is -1.67. The highest BCUT2D eigenvalue weighted by atomic mass is 35.5. The molecule has 0 bridgehead atoms. The topological polar surface area (TPSA) is 92.4 Å². The van der Waals surface area contributed by atoms with Gasteiger partial charge in [0.2, 0.25) is 0 Å². The molecule has 8 heteroatoms. The summed E-state index contributed by atoms with van der Waals surface area (Å²) >= 11 is 0. The van der Waals surface area contributed by atoms with Gasteiger partial charge >= 0.3 is 0 Å². The van der Waals surface area contributed by atoms with Gasteiger partial charge in [-0.15, -0.1) is 12.4 Å². The van der Waals surface area contributed by atoms with Crippen molar-refractivity contribution >= 4 is 27.9 Å². The zero-order chi connectivity index (χ0) is 25.3. The van der Waals surface area contributed by atoms with Crippen LogP contribution in [0.4, 0.5) is 10.1 Å². The lowest BCUT2D eigenvalue weighted by atomic mass is 9.86. The average Bonchev–Trinajstić information content (AvgIpc) is 2.72. The van der Waals surface area contributed by atoms with Crippen molar-refractivity contribution in [3.05, 3.63) is 64.5 Å². The van der Waals surface area contributed by atoms with Crippen LogP contribution < -0.4 is 11.1 Å². The molecule has 1 saturated heterocycles. The molecule has 2 aromatic carbocycles. The molecule has 3 atom stereocenters. The summed E-state index contributed by atoms with van der Waals surface area (Å²) < 4.78 is 39.9. The van der Waals surface area contributed by atoms with E-state index in [0.29, 0.717) is 24.4 Å². The molecule has 1 aliphatic rings. The SMILES string of the molecule is CC(C)Cc1cc(C[C@@H]2CS(=O)(=O)C[C@H](NCc3cccc(C(C)(C)C)c3)[C@H]2O)cc(F)c1N.Cl. The third-order valence-electron chi connectivity index (χ3n) is 6.56. The lowest BCUT2D eigenvalue weighted by molar-refractivity contribution is 0.0780. The number of benzene rings is 2. The van der Waals surface area contributed by atoms with Crippen molar-refractivity contribution in [3.63, 3.8) is 0 Å². The molecule has 0 saturated carbocycles. The maximum absolute atomic E-state index is 14.5. The van der Waals surface area contributed by atoms with E-state index in [9.17, 15) is 17.9 Å². The average molecular weight is 527 g/mol. The Morgan fingerprint density at radius 3 is 2.46 bits per heavy atom. The third kappa shape index (κ3) is 7.91. The van der Waals surface area contributed by atoms with Crippen molar-refractivity contribution in [3.8, 4) is 0 Å². The highest BCUT2D eigenvalue weighted by Crippen LogP contribution is 2.28. The predicted molar refractivity (Wildman–Crippen MR) is 144 cm³/mol. The Balaban J connectivity index is 0.00000432. The van der Waals surface area contributed by atoms with Gasteiger partial charge < -0.3 is 16.2 Å². The highest BCUT2D eigenvalue weighted by molar-refractivity contribution is 7.91. The molecule has 0 aliphatic carbocycles. The van der Waals surface area contributed by atoms with E-state index in [1.807, 2.05) is 32.0 Å². The second-order valence-corrected chi connectivity index (χ2v) is 13.4. The van der Waals surface area contributed by atoms with Gasteiger partial charge in [0.05, 0.1) is 23.3 Å². The number of anilines is 1. The molecule has 0 unspecified atom stereocenters. The first-order chi connectivity index (χ1) is 15.7. The summed E-state index contributed by atoms with van der Waals surface area (Å²) in [6.45, 7) is 11.0. The molecular weight excluding hydrogens is 487 g/mol. The molecule has 0 radical (unpaired) electrons. The van der Waals surface area contributed by atoms with Crippen LogP contribution in [0.3, 0.4) is 0 Å². The van der Waals surface area contributed by atoms with Gasteiger partial charge in [0.1, 0.15) is 5.82 Å². The van der Waals surface area contributed by atoms with Crippen molar-refractivity contribution in [1.82, 2.24) is 5.32 Å². The predicted octanol–water partition coefficient (Wildman–Crippen LogP) is 4.43. The fourth-order valence-corrected chi connectivity index (χ4v) is 6.68. The normalized spacial score (nSPS) is 22.1. The first-order valence-electron chi connectivity index (χ1n) is 12.0. The van der Waals surface area contributed by atoms with Crippen LogP contribution in [-0.2, 0) is 34.6 Å². The Bertz CT molecular complexity index is 1120. The molecule has 0 spiro atoms. The van der Waals surface area contributed by atoms with Gasteiger partial charge in [-0.25, -0.2) is 12.8 Å². The largest absolute Gasteiger partial charge is 0.396 e. The second-order valence-electron chi connectivity index (χ2n) is 11.2. The molecule has 5 nitrogen and oxygen atoms in total. The van der Waals surface area contributed by atoms with Crippen LogP contribution in [0.25, 0.3) is 0 Å². The molecule has 0 amide bonds. The summed E-state index contributed by atoms with van der Waals surface area (Å²) in [5.74, 6) is -0.930. The smallest absolute Gasteiger partial charge is 0.152 e. The summed E-state index contributed by atoms with van der Waals surface area (Å²) in [6, 6.07) is 10.8. The van der Waals surface area contributed by atoms with Crippen LogP contribution in [0.5, 0.6) is 0 Å². The van der Waals surface area contributed by atoms with Gasteiger partial charge in [-0.05, 0) is 52.5 Å². The molecule has 35 heavy (non-hydrogen) atoms. The summed E-state index contributed by atoms with van der Waals surface area (Å²) in [7, 11) is -3.36. The van der Waals surface area contributed by atoms with Crippen molar-refractivity contribution < 1.29 is 17.9 Å². The Kier molecular flexibility index (Phi) is 9.79. The lowest BCUT2D eigenvalue weighted by Gasteiger charge is -2.35. The molecule has 1 heterocycles. The second kappa shape index (κ2) is 11.6. The number of sulfone groups is 1. The number of nitrogens with two attached hydrogens (primary N) is 1. The fraction of sp³-hybridized carbons (Fsp3) is 0.556. The van der Waals surface area contributed by atoms with Crippen molar-refractivity contribution in [2.75, 3.05) is 17.2 Å². The Morgan fingerprint density at radius 1 is 1.14 bits per heavy atom. The van der Waals surface area contributed by atoms with Crippen LogP contribution in [0.2, 0.25) is 0 Å². The van der Waals surface area contributed by atoms with Crippen LogP contribution in [0.1, 0.15) is 56.9 Å². The van der Waals surface area contributed by atoms with E-state index in [0.717, 1.165) is 11.1 Å². The number of halogens is 2. The van der Waals surface area contributed by atoms with Crippen molar-refractivity contribution in [2.45, 2.75) is 71.6 Å². The van der Waals surface area contributed by atoms with Gasteiger partial charge in [0, 0.05) is 18.5 Å². The maximum Gasteiger partial charge on any atom is 0.152 e. The zero-order valence-electron chi connectivity index (χ0n) is 21.3. The Morgan fingerprint density at radius 2 is 1.83 bits per heavy atom. The molecular formula is C27H40ClFN2O3S. The minimum Gasteiger partial charge on any atom is -0.396 e. The monoisotopic (exact) mass is 526 g/mol. The number of nitrogens with one attached hydrogen (secondary N) is 1. The molecule has 3 rings (SSSR count).